The molecule has 0 bridgehead atoms. The Balaban J connectivity index is 2.02. The van der Waals surface area contributed by atoms with Crippen molar-refractivity contribution in [1.29, 1.82) is 0 Å². The Morgan fingerprint density at radius 3 is 2.89 bits per heavy atom. The number of thioether (sulfide) groups is 1. The zero-order chi connectivity index (χ0) is 13.0. The van der Waals surface area contributed by atoms with Gasteiger partial charge in [-0.3, -0.25) is 0 Å². The second kappa shape index (κ2) is 6.92. The van der Waals surface area contributed by atoms with Crippen LogP contribution in [0.5, 0.6) is 0 Å². The molecule has 2 nitrogen and oxygen atoms in total. The van der Waals surface area contributed by atoms with Crippen LogP contribution in [0.2, 0.25) is 0 Å². The van der Waals surface area contributed by atoms with Crippen LogP contribution in [0, 0.1) is 5.92 Å². The molecule has 1 aromatic heterocycles. The lowest BCUT2D eigenvalue weighted by molar-refractivity contribution is 0.304. The number of nitrogens with zero attached hydrogens (tertiary/aromatic N) is 1. The molecule has 3 atom stereocenters. The molecular weight excluding hydrogens is 308 g/mol. The van der Waals surface area contributed by atoms with Crippen molar-refractivity contribution in [1.82, 2.24) is 10.3 Å². The average Bonchev–Trinajstić information content (AvgIpc) is 2.41. The molecule has 0 aliphatic heterocycles. The number of rotatable bonds is 4. The van der Waals surface area contributed by atoms with Gasteiger partial charge < -0.3 is 5.32 Å². The van der Waals surface area contributed by atoms with Gasteiger partial charge in [-0.2, -0.15) is 0 Å². The van der Waals surface area contributed by atoms with Crippen molar-refractivity contribution in [3.05, 3.63) is 22.8 Å². The van der Waals surface area contributed by atoms with E-state index >= 15 is 0 Å². The van der Waals surface area contributed by atoms with E-state index in [0.29, 0.717) is 11.3 Å². The molecule has 2 rings (SSSR count). The number of hydrogen-bond acceptors (Lipinski definition) is 3. The zero-order valence-corrected chi connectivity index (χ0v) is 13.4. The summed E-state index contributed by atoms with van der Waals surface area (Å²) >= 11 is 5.36. The largest absolute Gasteiger partial charge is 0.316 e. The minimum Gasteiger partial charge on any atom is -0.316 e. The van der Waals surface area contributed by atoms with Gasteiger partial charge in [0.2, 0.25) is 0 Å². The van der Waals surface area contributed by atoms with Crippen LogP contribution in [-0.2, 0) is 0 Å². The fraction of sp³-hybridized carbons (Fsp3) is 0.643. The van der Waals surface area contributed by atoms with E-state index in [9.17, 15) is 0 Å². The summed E-state index contributed by atoms with van der Waals surface area (Å²) in [6, 6.07) is 4.81. The second-order valence-corrected chi connectivity index (χ2v) is 7.13. The summed E-state index contributed by atoms with van der Waals surface area (Å²) < 4.78 is 1.05. The Labute approximate surface area is 122 Å². The zero-order valence-electron chi connectivity index (χ0n) is 11.0. The molecule has 1 aliphatic carbocycles. The number of nitrogens with one attached hydrogen (secondary N) is 1. The Hall–Kier alpha value is -0.0600. The molecule has 0 amide bonds. The molecule has 1 N–H and O–H groups in total. The topological polar surface area (TPSA) is 24.9 Å². The van der Waals surface area contributed by atoms with Crippen molar-refractivity contribution in [2.75, 3.05) is 7.05 Å². The van der Waals surface area contributed by atoms with Gasteiger partial charge in [-0.1, -0.05) is 13.3 Å². The van der Waals surface area contributed by atoms with E-state index in [1.165, 1.54) is 25.7 Å². The maximum Gasteiger partial charge on any atom is 0.0963 e. The standard InChI is InChI=1S/C14H21BrN2S/c1-3-10-4-6-12(16-2)13(8-10)18-14-7-5-11(15)9-17-14/h5,7,9-10,12-13,16H,3-4,6,8H2,1-2H3. The molecule has 1 aliphatic rings. The molecule has 1 heterocycles. The van der Waals surface area contributed by atoms with Crippen molar-refractivity contribution < 1.29 is 0 Å². The second-order valence-electron chi connectivity index (χ2n) is 4.95. The van der Waals surface area contributed by atoms with Crippen molar-refractivity contribution in [2.24, 2.45) is 5.92 Å². The highest BCUT2D eigenvalue weighted by Gasteiger charge is 2.29. The van der Waals surface area contributed by atoms with Crippen LogP contribution in [0.1, 0.15) is 32.6 Å². The van der Waals surface area contributed by atoms with Gasteiger partial charge >= 0.3 is 0 Å². The highest BCUT2D eigenvalue weighted by molar-refractivity contribution is 9.10. The summed E-state index contributed by atoms with van der Waals surface area (Å²) in [7, 11) is 2.08. The fourth-order valence-electron chi connectivity index (χ4n) is 2.63. The van der Waals surface area contributed by atoms with Gasteiger partial charge in [0.1, 0.15) is 0 Å². The first-order chi connectivity index (χ1) is 8.72. The van der Waals surface area contributed by atoms with Gasteiger partial charge in [-0.15, -0.1) is 11.8 Å². The summed E-state index contributed by atoms with van der Waals surface area (Å²) in [5.74, 6) is 0.891. The summed E-state index contributed by atoms with van der Waals surface area (Å²) in [5, 5.41) is 5.27. The van der Waals surface area contributed by atoms with Crippen LogP contribution < -0.4 is 5.32 Å². The Morgan fingerprint density at radius 1 is 1.44 bits per heavy atom. The molecule has 0 radical (unpaired) electrons. The van der Waals surface area contributed by atoms with Crippen LogP contribution in [0.15, 0.2) is 27.8 Å². The molecule has 18 heavy (non-hydrogen) atoms. The van der Waals surface area contributed by atoms with E-state index in [1.807, 2.05) is 18.0 Å². The van der Waals surface area contributed by atoms with Crippen LogP contribution >= 0.6 is 27.7 Å². The van der Waals surface area contributed by atoms with Crippen LogP contribution in [-0.4, -0.2) is 23.3 Å². The van der Waals surface area contributed by atoms with E-state index < -0.39 is 0 Å². The first kappa shape index (κ1) is 14.4. The van der Waals surface area contributed by atoms with Crippen molar-refractivity contribution in [3.63, 3.8) is 0 Å². The van der Waals surface area contributed by atoms with E-state index in [1.54, 1.807) is 0 Å². The van der Waals surface area contributed by atoms with Gasteiger partial charge in [0.15, 0.2) is 0 Å². The summed E-state index contributed by atoms with van der Waals surface area (Å²) in [6.45, 7) is 2.31. The Kier molecular flexibility index (Phi) is 5.52. The Bertz CT molecular complexity index is 369. The molecule has 0 spiro atoms. The van der Waals surface area contributed by atoms with E-state index in [2.05, 4.69) is 52.3 Å². The highest BCUT2D eigenvalue weighted by atomic mass is 79.9. The third-order valence-electron chi connectivity index (χ3n) is 3.82. The van der Waals surface area contributed by atoms with E-state index in [4.69, 9.17) is 0 Å². The van der Waals surface area contributed by atoms with Crippen LogP contribution in [0.4, 0.5) is 0 Å². The maximum absolute atomic E-state index is 4.48. The number of halogens is 1. The molecule has 3 unspecified atom stereocenters. The minimum absolute atomic E-state index is 0.628. The first-order valence-corrected chi connectivity index (χ1v) is 8.35. The maximum atomic E-state index is 4.48. The molecule has 1 saturated carbocycles. The quantitative estimate of drug-likeness (QED) is 0.900. The average molecular weight is 329 g/mol. The number of aromatic nitrogens is 1. The summed E-state index contributed by atoms with van der Waals surface area (Å²) in [4.78, 5) is 4.48. The predicted octanol–water partition coefficient (Wildman–Crippen LogP) is 4.10. The smallest absolute Gasteiger partial charge is 0.0963 e. The molecule has 0 saturated heterocycles. The van der Waals surface area contributed by atoms with Crippen molar-refractivity contribution >= 4 is 27.7 Å². The van der Waals surface area contributed by atoms with Gasteiger partial charge in [0, 0.05) is 22.0 Å². The third kappa shape index (κ3) is 3.72. The Morgan fingerprint density at radius 2 is 2.28 bits per heavy atom. The minimum atomic E-state index is 0.628. The lowest BCUT2D eigenvalue weighted by Gasteiger charge is -2.35. The molecule has 1 fully saturated rings. The third-order valence-corrected chi connectivity index (χ3v) is 5.60. The summed E-state index contributed by atoms with van der Waals surface area (Å²) in [6.07, 6.45) is 7.17. The molecule has 1 aromatic rings. The first-order valence-electron chi connectivity index (χ1n) is 6.68. The molecule has 4 heteroatoms. The molecule has 0 aromatic carbocycles. The van der Waals surface area contributed by atoms with E-state index in [0.717, 1.165) is 15.4 Å². The van der Waals surface area contributed by atoms with Gasteiger partial charge in [-0.05, 0) is 60.3 Å². The fourth-order valence-corrected chi connectivity index (χ4v) is 4.24. The lowest BCUT2D eigenvalue weighted by atomic mass is 9.84. The SMILES string of the molecule is CCC1CCC(NC)C(Sc2ccc(Br)cn2)C1. The van der Waals surface area contributed by atoms with Crippen LogP contribution in [0.3, 0.4) is 0 Å². The summed E-state index contributed by atoms with van der Waals surface area (Å²) in [5.41, 5.74) is 0. The van der Waals surface area contributed by atoms with E-state index in [-0.39, 0.29) is 0 Å². The molecule has 100 valence electrons. The monoisotopic (exact) mass is 328 g/mol. The van der Waals surface area contributed by atoms with Crippen LogP contribution in [0.25, 0.3) is 0 Å². The van der Waals surface area contributed by atoms with Crippen molar-refractivity contribution in [3.8, 4) is 0 Å². The highest BCUT2D eigenvalue weighted by Crippen LogP contribution is 2.37. The number of pyridine rings is 1. The van der Waals surface area contributed by atoms with Gasteiger partial charge in [0.05, 0.1) is 5.03 Å². The normalized spacial score (nSPS) is 28.3. The molecular formula is C14H21BrN2S. The predicted molar refractivity (Wildman–Crippen MR) is 82.1 cm³/mol. The van der Waals surface area contributed by atoms with Crippen molar-refractivity contribution in [2.45, 2.75) is 48.9 Å². The van der Waals surface area contributed by atoms with Gasteiger partial charge in [-0.25, -0.2) is 4.98 Å². The van der Waals surface area contributed by atoms with Gasteiger partial charge in [0.25, 0.3) is 0 Å². The lowest BCUT2D eigenvalue weighted by Crippen LogP contribution is -2.40. The number of hydrogen-bond donors (Lipinski definition) is 1.